The highest BCUT2D eigenvalue weighted by Crippen LogP contribution is 2.37. The van der Waals surface area contributed by atoms with Crippen molar-refractivity contribution in [3.63, 3.8) is 0 Å². The summed E-state index contributed by atoms with van der Waals surface area (Å²) >= 11 is 0. The second-order valence-corrected chi connectivity index (χ2v) is 10.8. The molecule has 0 spiro atoms. The van der Waals surface area contributed by atoms with Gasteiger partial charge in [0.15, 0.2) is 29.3 Å². The Kier molecular flexibility index (Phi) is 8.38. The number of alkyl halides is 3. The van der Waals surface area contributed by atoms with Gasteiger partial charge in [-0.25, -0.2) is 9.78 Å². The van der Waals surface area contributed by atoms with Crippen molar-refractivity contribution >= 4 is 28.9 Å². The van der Waals surface area contributed by atoms with Crippen LogP contribution in [-0.2, 0) is 14.3 Å². The van der Waals surface area contributed by atoms with Crippen LogP contribution in [-0.4, -0.2) is 86.4 Å². The molecule has 0 bridgehead atoms. The summed E-state index contributed by atoms with van der Waals surface area (Å²) in [7, 11) is 0. The summed E-state index contributed by atoms with van der Waals surface area (Å²) in [5.74, 6) is -1.75. The fraction of sp³-hybridized carbons (Fsp3) is 0.400. The first kappa shape index (κ1) is 29.8. The summed E-state index contributed by atoms with van der Waals surface area (Å²) < 4.78 is 51.0. The molecule has 3 N–H and O–H groups in total. The molecule has 0 saturated carbocycles. The third-order valence-electron chi connectivity index (χ3n) is 7.92. The minimum absolute atomic E-state index is 0.0514. The number of carbonyl (C=O) groups excluding carboxylic acids is 1. The number of aliphatic hydroxyl groups excluding tert-OH is 2. The molecule has 14 heteroatoms. The van der Waals surface area contributed by atoms with Crippen molar-refractivity contribution in [3.05, 3.63) is 78.1 Å². The van der Waals surface area contributed by atoms with E-state index in [2.05, 4.69) is 15.0 Å². The van der Waals surface area contributed by atoms with Crippen molar-refractivity contribution in [2.45, 2.75) is 49.5 Å². The number of rotatable bonds is 9. The molecule has 2 aliphatic rings. The SMILES string of the molecule is O=C(O[C@@H]1[C@H](O)[C@@H](CO)O[C@H]1n1cnc2c(NCC(c3ccccc3)c3ccccc3)nc(N3CCCC3)nc21)C(F)(F)F. The first-order valence-electron chi connectivity index (χ1n) is 14.3. The predicted octanol–water partition coefficient (Wildman–Crippen LogP) is 3.40. The zero-order valence-corrected chi connectivity index (χ0v) is 23.5. The average Bonchev–Trinajstić information content (AvgIpc) is 3.78. The Balaban J connectivity index is 1.38. The number of esters is 1. The minimum Gasteiger partial charge on any atom is -0.448 e. The number of halogens is 3. The lowest BCUT2D eigenvalue weighted by Gasteiger charge is -2.23. The third kappa shape index (κ3) is 5.92. The molecule has 0 radical (unpaired) electrons. The van der Waals surface area contributed by atoms with Crippen LogP contribution >= 0.6 is 0 Å². The average molecular weight is 613 g/mol. The topological polar surface area (TPSA) is 135 Å². The van der Waals surface area contributed by atoms with E-state index in [4.69, 9.17) is 14.7 Å². The van der Waals surface area contributed by atoms with Gasteiger partial charge in [0, 0.05) is 25.6 Å². The lowest BCUT2D eigenvalue weighted by atomic mass is 9.91. The number of aliphatic hydroxyl groups is 2. The monoisotopic (exact) mass is 612 g/mol. The summed E-state index contributed by atoms with van der Waals surface area (Å²) in [6.07, 6.45) is -8.40. The van der Waals surface area contributed by atoms with Gasteiger partial charge >= 0.3 is 12.1 Å². The van der Waals surface area contributed by atoms with E-state index in [9.17, 15) is 28.2 Å². The third-order valence-corrected chi connectivity index (χ3v) is 7.92. The molecule has 2 aromatic carbocycles. The molecule has 2 saturated heterocycles. The van der Waals surface area contributed by atoms with E-state index in [1.54, 1.807) is 0 Å². The molecule has 2 fully saturated rings. The van der Waals surface area contributed by atoms with E-state index in [0.717, 1.165) is 24.0 Å². The van der Waals surface area contributed by atoms with Crippen LogP contribution in [0.3, 0.4) is 0 Å². The molecule has 232 valence electrons. The summed E-state index contributed by atoms with van der Waals surface area (Å²) in [6.45, 7) is 1.15. The van der Waals surface area contributed by atoms with Crippen LogP contribution in [0.1, 0.15) is 36.1 Å². The first-order valence-corrected chi connectivity index (χ1v) is 14.3. The molecule has 2 aromatic heterocycles. The standard InChI is InChI=1S/C30H31F3N6O5/c31-30(32,33)28(42)44-24-23(41)21(16-40)43-27(24)39-17-35-22-25(36-29(37-26(22)39)38-13-7-8-14-38)34-15-20(18-9-3-1-4-10-18)19-11-5-2-6-12-19/h1-6,9-12,17,20-21,23-24,27,40-41H,7-8,13-16H2,(H,34,36,37)/t21-,23-,24-,27-/m1/s1. The summed E-state index contributed by atoms with van der Waals surface area (Å²) in [6, 6.07) is 20.0. The fourth-order valence-electron chi connectivity index (χ4n) is 5.68. The lowest BCUT2D eigenvalue weighted by Crippen LogP contribution is -2.40. The van der Waals surface area contributed by atoms with Crippen molar-refractivity contribution in [1.82, 2.24) is 19.5 Å². The largest absolute Gasteiger partial charge is 0.490 e. The van der Waals surface area contributed by atoms with Gasteiger partial charge in [-0.2, -0.15) is 23.1 Å². The minimum atomic E-state index is -5.30. The van der Waals surface area contributed by atoms with Crippen LogP contribution < -0.4 is 10.2 Å². The number of nitrogens with zero attached hydrogens (tertiary/aromatic N) is 5. The Morgan fingerprint density at radius 3 is 2.27 bits per heavy atom. The Morgan fingerprint density at radius 1 is 1.05 bits per heavy atom. The van der Waals surface area contributed by atoms with Crippen LogP contribution in [0.15, 0.2) is 67.0 Å². The van der Waals surface area contributed by atoms with Crippen LogP contribution in [0.25, 0.3) is 11.2 Å². The fourth-order valence-corrected chi connectivity index (χ4v) is 5.68. The molecule has 4 atom stereocenters. The Morgan fingerprint density at radius 2 is 1.68 bits per heavy atom. The van der Waals surface area contributed by atoms with Gasteiger partial charge < -0.3 is 29.9 Å². The van der Waals surface area contributed by atoms with Gasteiger partial charge in [-0.15, -0.1) is 0 Å². The number of anilines is 2. The number of carbonyl (C=O) groups is 1. The van der Waals surface area contributed by atoms with E-state index in [1.807, 2.05) is 65.6 Å². The molecular weight excluding hydrogens is 581 g/mol. The van der Waals surface area contributed by atoms with Gasteiger partial charge in [0.1, 0.15) is 12.2 Å². The summed E-state index contributed by atoms with van der Waals surface area (Å²) in [5, 5.41) is 23.8. The number of ether oxygens (including phenoxy) is 2. The molecule has 4 heterocycles. The van der Waals surface area contributed by atoms with Crippen molar-refractivity contribution < 1.29 is 37.7 Å². The molecule has 4 aromatic rings. The second-order valence-electron chi connectivity index (χ2n) is 10.8. The van der Waals surface area contributed by atoms with Gasteiger partial charge in [-0.1, -0.05) is 60.7 Å². The predicted molar refractivity (Wildman–Crippen MR) is 153 cm³/mol. The first-order chi connectivity index (χ1) is 21.2. The van der Waals surface area contributed by atoms with Gasteiger partial charge in [0.2, 0.25) is 5.95 Å². The quantitative estimate of drug-likeness (QED) is 0.242. The van der Waals surface area contributed by atoms with Crippen molar-refractivity contribution in [2.75, 3.05) is 36.5 Å². The van der Waals surface area contributed by atoms with Crippen LogP contribution in [0.2, 0.25) is 0 Å². The van der Waals surface area contributed by atoms with E-state index >= 15 is 0 Å². The maximum Gasteiger partial charge on any atom is 0.490 e. The number of nitrogens with one attached hydrogen (secondary N) is 1. The Bertz CT molecular complexity index is 1540. The highest BCUT2D eigenvalue weighted by atomic mass is 19.4. The number of aromatic nitrogens is 4. The van der Waals surface area contributed by atoms with Crippen LogP contribution in [0.4, 0.5) is 24.9 Å². The highest BCUT2D eigenvalue weighted by Gasteiger charge is 2.51. The summed E-state index contributed by atoms with van der Waals surface area (Å²) in [5.41, 5.74) is 2.67. The van der Waals surface area contributed by atoms with Crippen molar-refractivity contribution in [2.24, 2.45) is 0 Å². The van der Waals surface area contributed by atoms with Gasteiger partial charge in [0.05, 0.1) is 12.9 Å². The molecular formula is C30H31F3N6O5. The van der Waals surface area contributed by atoms with E-state index in [1.165, 1.54) is 10.9 Å². The maximum atomic E-state index is 13.1. The number of hydrogen-bond acceptors (Lipinski definition) is 10. The summed E-state index contributed by atoms with van der Waals surface area (Å²) in [4.78, 5) is 27.7. The van der Waals surface area contributed by atoms with E-state index in [0.29, 0.717) is 36.9 Å². The molecule has 0 unspecified atom stereocenters. The van der Waals surface area contributed by atoms with Crippen molar-refractivity contribution in [1.29, 1.82) is 0 Å². The van der Waals surface area contributed by atoms with Gasteiger partial charge in [-0.05, 0) is 24.0 Å². The zero-order chi connectivity index (χ0) is 30.8. The molecule has 6 rings (SSSR count). The maximum absolute atomic E-state index is 13.1. The molecule has 2 aliphatic heterocycles. The number of imidazole rings is 1. The normalized spacial score (nSPS) is 22.2. The molecule has 11 nitrogen and oxygen atoms in total. The molecule has 44 heavy (non-hydrogen) atoms. The molecule has 0 aliphatic carbocycles. The van der Waals surface area contributed by atoms with Crippen LogP contribution in [0, 0.1) is 0 Å². The lowest BCUT2D eigenvalue weighted by molar-refractivity contribution is -0.211. The van der Waals surface area contributed by atoms with Gasteiger partial charge in [0.25, 0.3) is 0 Å². The Labute approximate surface area is 250 Å². The highest BCUT2D eigenvalue weighted by molar-refractivity contribution is 5.84. The van der Waals surface area contributed by atoms with Gasteiger partial charge in [-0.3, -0.25) is 4.57 Å². The smallest absolute Gasteiger partial charge is 0.448 e. The zero-order valence-electron chi connectivity index (χ0n) is 23.5. The van der Waals surface area contributed by atoms with E-state index < -0.39 is 43.3 Å². The van der Waals surface area contributed by atoms with Crippen LogP contribution in [0.5, 0.6) is 0 Å². The second kappa shape index (κ2) is 12.4. The number of hydrogen-bond donors (Lipinski definition) is 3. The van der Waals surface area contributed by atoms with E-state index in [-0.39, 0.29) is 11.6 Å². The molecule has 0 amide bonds. The number of benzene rings is 2. The van der Waals surface area contributed by atoms with Crippen molar-refractivity contribution in [3.8, 4) is 0 Å². The Hall–Kier alpha value is -4.27. The number of fused-ring (bicyclic) bond motifs is 1.